The van der Waals surface area contributed by atoms with Crippen LogP contribution in [0.5, 0.6) is 0 Å². The zero-order chi connectivity index (χ0) is 15.8. The van der Waals surface area contributed by atoms with Crippen molar-refractivity contribution in [2.24, 2.45) is 0 Å². The van der Waals surface area contributed by atoms with Crippen molar-refractivity contribution in [3.8, 4) is 0 Å². The maximum Gasteiger partial charge on any atom is 0.251 e. The first kappa shape index (κ1) is 16.0. The van der Waals surface area contributed by atoms with Crippen LogP contribution >= 0.6 is 11.6 Å². The molecular weight excluding hydrogens is 300 g/mol. The maximum atomic E-state index is 11.8. The van der Waals surface area contributed by atoms with E-state index in [2.05, 4.69) is 10.6 Å². The standard InChI is InChI=1S/C17H17ClN2O2/c18-15-8-6-14(7-9-15)17(22)20-12-16(21)19-11-10-13-4-2-1-3-5-13/h1-9H,10-12H2,(H,19,21)(H,20,22). The first-order chi connectivity index (χ1) is 10.6. The van der Waals surface area contributed by atoms with Gasteiger partial charge in [0.1, 0.15) is 0 Å². The molecule has 0 heterocycles. The summed E-state index contributed by atoms with van der Waals surface area (Å²) in [6.45, 7) is 0.496. The van der Waals surface area contributed by atoms with Crippen molar-refractivity contribution >= 4 is 23.4 Å². The van der Waals surface area contributed by atoms with Gasteiger partial charge in [-0.1, -0.05) is 41.9 Å². The van der Waals surface area contributed by atoms with Crippen molar-refractivity contribution in [3.05, 3.63) is 70.7 Å². The number of hydrogen-bond donors (Lipinski definition) is 2. The van der Waals surface area contributed by atoms with Gasteiger partial charge in [-0.15, -0.1) is 0 Å². The molecule has 2 N–H and O–H groups in total. The Morgan fingerprint density at radius 3 is 2.27 bits per heavy atom. The summed E-state index contributed by atoms with van der Waals surface area (Å²) in [6.07, 6.45) is 0.762. The lowest BCUT2D eigenvalue weighted by molar-refractivity contribution is -0.120. The third-order valence-electron chi connectivity index (χ3n) is 3.09. The van der Waals surface area contributed by atoms with Gasteiger partial charge < -0.3 is 10.6 Å². The molecule has 0 atom stereocenters. The van der Waals surface area contributed by atoms with Crippen LogP contribution in [-0.4, -0.2) is 24.9 Å². The Labute approximate surface area is 134 Å². The summed E-state index contributed by atoms with van der Waals surface area (Å²) in [6, 6.07) is 16.4. The van der Waals surface area contributed by atoms with Crippen LogP contribution in [-0.2, 0) is 11.2 Å². The van der Waals surface area contributed by atoms with Gasteiger partial charge in [0.25, 0.3) is 5.91 Å². The summed E-state index contributed by atoms with van der Waals surface area (Å²) < 4.78 is 0. The Kier molecular flexibility index (Phi) is 5.98. The van der Waals surface area contributed by atoms with Crippen LogP contribution in [0.4, 0.5) is 0 Å². The fraction of sp³-hybridized carbons (Fsp3) is 0.176. The Balaban J connectivity index is 1.69. The minimum atomic E-state index is -0.296. The summed E-state index contributed by atoms with van der Waals surface area (Å²) >= 11 is 5.76. The summed E-state index contributed by atoms with van der Waals surface area (Å²) in [7, 11) is 0. The third kappa shape index (κ3) is 5.22. The zero-order valence-corrected chi connectivity index (χ0v) is 12.8. The summed E-state index contributed by atoms with van der Waals surface area (Å²) in [5.74, 6) is -0.506. The molecule has 0 spiro atoms. The minimum absolute atomic E-state index is 0.0454. The van der Waals surface area contributed by atoms with E-state index >= 15 is 0 Å². The van der Waals surface area contributed by atoms with Gasteiger partial charge >= 0.3 is 0 Å². The van der Waals surface area contributed by atoms with Crippen LogP contribution in [0.25, 0.3) is 0 Å². The summed E-state index contributed by atoms with van der Waals surface area (Å²) in [5.41, 5.74) is 1.63. The molecule has 0 unspecified atom stereocenters. The fourth-order valence-corrected chi connectivity index (χ4v) is 2.04. The van der Waals surface area contributed by atoms with Crippen LogP contribution in [0.1, 0.15) is 15.9 Å². The first-order valence-corrected chi connectivity index (χ1v) is 7.37. The second kappa shape index (κ2) is 8.20. The van der Waals surface area contributed by atoms with Gasteiger partial charge in [0.2, 0.25) is 5.91 Å². The van der Waals surface area contributed by atoms with Crippen LogP contribution in [0.15, 0.2) is 54.6 Å². The smallest absolute Gasteiger partial charge is 0.251 e. The van der Waals surface area contributed by atoms with Gasteiger partial charge in [-0.3, -0.25) is 9.59 Å². The lowest BCUT2D eigenvalue weighted by Gasteiger charge is -2.07. The van der Waals surface area contributed by atoms with E-state index < -0.39 is 0 Å². The number of hydrogen-bond acceptors (Lipinski definition) is 2. The third-order valence-corrected chi connectivity index (χ3v) is 3.35. The Bertz CT molecular complexity index is 627. The number of halogens is 1. The number of carbonyl (C=O) groups is 2. The molecule has 2 aromatic carbocycles. The van der Waals surface area contributed by atoms with E-state index in [1.807, 2.05) is 30.3 Å². The second-order valence-corrected chi connectivity index (χ2v) is 5.21. The number of amides is 2. The molecule has 0 saturated carbocycles. The van der Waals surface area contributed by atoms with Crippen molar-refractivity contribution in [3.63, 3.8) is 0 Å². The Hall–Kier alpha value is -2.33. The van der Waals surface area contributed by atoms with E-state index in [1.54, 1.807) is 24.3 Å². The highest BCUT2D eigenvalue weighted by Crippen LogP contribution is 2.09. The molecule has 0 bridgehead atoms. The van der Waals surface area contributed by atoms with Crippen LogP contribution in [0.3, 0.4) is 0 Å². The molecule has 0 saturated heterocycles. The SMILES string of the molecule is O=C(CNC(=O)c1ccc(Cl)cc1)NCCc1ccccc1. The monoisotopic (exact) mass is 316 g/mol. The lowest BCUT2D eigenvalue weighted by Crippen LogP contribution is -2.37. The van der Waals surface area contributed by atoms with E-state index in [0.717, 1.165) is 12.0 Å². The first-order valence-electron chi connectivity index (χ1n) is 6.99. The largest absolute Gasteiger partial charge is 0.354 e. The molecule has 22 heavy (non-hydrogen) atoms. The van der Waals surface area contributed by atoms with E-state index in [0.29, 0.717) is 17.1 Å². The molecule has 5 heteroatoms. The van der Waals surface area contributed by atoms with Crippen LogP contribution < -0.4 is 10.6 Å². The van der Waals surface area contributed by atoms with Gasteiger partial charge in [0.05, 0.1) is 6.54 Å². The fourth-order valence-electron chi connectivity index (χ4n) is 1.92. The van der Waals surface area contributed by atoms with E-state index in [1.165, 1.54) is 0 Å². The number of benzene rings is 2. The lowest BCUT2D eigenvalue weighted by atomic mass is 10.1. The quantitative estimate of drug-likeness (QED) is 0.860. The van der Waals surface area contributed by atoms with Gasteiger partial charge in [0.15, 0.2) is 0 Å². The van der Waals surface area contributed by atoms with Gasteiger partial charge in [-0.25, -0.2) is 0 Å². The van der Waals surface area contributed by atoms with E-state index in [4.69, 9.17) is 11.6 Å². The highest BCUT2D eigenvalue weighted by molar-refractivity contribution is 6.30. The predicted octanol–water partition coefficient (Wildman–Crippen LogP) is 2.43. The summed E-state index contributed by atoms with van der Waals surface area (Å²) in [4.78, 5) is 23.5. The Morgan fingerprint density at radius 2 is 1.59 bits per heavy atom. The molecular formula is C17H17ClN2O2. The molecule has 0 fully saturated rings. The predicted molar refractivity (Wildman–Crippen MR) is 86.9 cm³/mol. The maximum absolute atomic E-state index is 11.8. The minimum Gasteiger partial charge on any atom is -0.354 e. The topological polar surface area (TPSA) is 58.2 Å². The molecule has 2 aromatic rings. The molecule has 0 aliphatic carbocycles. The number of nitrogens with one attached hydrogen (secondary N) is 2. The van der Waals surface area contributed by atoms with Gasteiger partial charge in [-0.05, 0) is 36.2 Å². The van der Waals surface area contributed by atoms with Crippen molar-refractivity contribution < 1.29 is 9.59 Å². The summed E-state index contributed by atoms with van der Waals surface area (Å²) in [5, 5.41) is 5.91. The molecule has 0 aliphatic heterocycles. The van der Waals surface area contributed by atoms with Crippen LogP contribution in [0, 0.1) is 0 Å². The average Bonchev–Trinajstić information content (AvgIpc) is 2.54. The molecule has 0 aromatic heterocycles. The number of carbonyl (C=O) groups excluding carboxylic acids is 2. The van der Waals surface area contributed by atoms with E-state index in [-0.39, 0.29) is 18.4 Å². The molecule has 0 radical (unpaired) electrons. The zero-order valence-electron chi connectivity index (χ0n) is 12.0. The van der Waals surface area contributed by atoms with Crippen molar-refractivity contribution in [1.29, 1.82) is 0 Å². The molecule has 2 rings (SSSR count). The molecule has 2 amide bonds. The van der Waals surface area contributed by atoms with E-state index in [9.17, 15) is 9.59 Å². The second-order valence-electron chi connectivity index (χ2n) is 4.78. The Morgan fingerprint density at radius 1 is 0.909 bits per heavy atom. The van der Waals surface area contributed by atoms with Crippen LogP contribution in [0.2, 0.25) is 5.02 Å². The average molecular weight is 317 g/mol. The van der Waals surface area contributed by atoms with Gasteiger partial charge in [0, 0.05) is 17.1 Å². The van der Waals surface area contributed by atoms with Crippen molar-refractivity contribution in [1.82, 2.24) is 10.6 Å². The highest BCUT2D eigenvalue weighted by atomic mass is 35.5. The normalized spacial score (nSPS) is 10.0. The van der Waals surface area contributed by atoms with Crippen molar-refractivity contribution in [2.75, 3.05) is 13.1 Å². The molecule has 4 nitrogen and oxygen atoms in total. The molecule has 114 valence electrons. The number of rotatable bonds is 6. The van der Waals surface area contributed by atoms with Gasteiger partial charge in [-0.2, -0.15) is 0 Å². The van der Waals surface area contributed by atoms with Crippen molar-refractivity contribution in [2.45, 2.75) is 6.42 Å². The highest BCUT2D eigenvalue weighted by Gasteiger charge is 2.07. The molecule has 0 aliphatic rings.